The average Bonchev–Trinajstić information content (AvgIpc) is 2.80. The summed E-state index contributed by atoms with van der Waals surface area (Å²) in [5.41, 5.74) is 3.29. The number of anilines is 1. The molecule has 1 fully saturated rings. The topological polar surface area (TPSA) is 48.5 Å². The van der Waals surface area contributed by atoms with Gasteiger partial charge in [0.25, 0.3) is 0 Å². The van der Waals surface area contributed by atoms with Crippen LogP contribution in [0.4, 0.5) is 14.5 Å². The van der Waals surface area contributed by atoms with E-state index < -0.39 is 11.6 Å². The third kappa shape index (κ3) is 5.18. The molecule has 32 heavy (non-hydrogen) atoms. The van der Waals surface area contributed by atoms with Crippen molar-refractivity contribution in [3.8, 4) is 0 Å². The van der Waals surface area contributed by atoms with Crippen LogP contribution in [-0.4, -0.2) is 31.9 Å². The van der Waals surface area contributed by atoms with Crippen molar-refractivity contribution >= 4 is 17.0 Å². The van der Waals surface area contributed by atoms with Crippen molar-refractivity contribution in [2.45, 2.75) is 58.0 Å². The van der Waals surface area contributed by atoms with Gasteiger partial charge in [0.1, 0.15) is 11.6 Å². The van der Waals surface area contributed by atoms with Crippen molar-refractivity contribution in [3.63, 3.8) is 0 Å². The monoisotopic (exact) mass is 440 g/mol. The number of allylic oxidation sites excluding steroid dienone is 6. The minimum absolute atomic E-state index is 0.0283. The van der Waals surface area contributed by atoms with Gasteiger partial charge < -0.3 is 16.0 Å². The summed E-state index contributed by atoms with van der Waals surface area (Å²) >= 11 is 0. The lowest BCUT2D eigenvalue weighted by molar-refractivity contribution is 0.331. The van der Waals surface area contributed by atoms with E-state index in [-0.39, 0.29) is 11.3 Å². The molecule has 4 nitrogen and oxygen atoms in total. The van der Waals surface area contributed by atoms with Crippen LogP contribution in [0.2, 0.25) is 0 Å². The van der Waals surface area contributed by atoms with Gasteiger partial charge in [-0.25, -0.2) is 13.8 Å². The fourth-order valence-corrected chi connectivity index (χ4v) is 4.43. The number of nitrogens with one attached hydrogen (secondary N) is 3. The third-order valence-corrected chi connectivity index (χ3v) is 6.31. The van der Waals surface area contributed by atoms with Crippen molar-refractivity contribution in [3.05, 3.63) is 71.1 Å². The first-order valence-corrected chi connectivity index (χ1v) is 11.4. The molecule has 2 aliphatic carbocycles. The molecule has 0 atom stereocenters. The van der Waals surface area contributed by atoms with E-state index in [2.05, 4.69) is 22.5 Å². The Morgan fingerprint density at radius 2 is 1.81 bits per heavy atom. The van der Waals surface area contributed by atoms with Crippen LogP contribution < -0.4 is 16.0 Å². The number of hydrogen-bond acceptors (Lipinski definition) is 4. The summed E-state index contributed by atoms with van der Waals surface area (Å²) in [6, 6.07) is 3.64. The molecule has 0 saturated heterocycles. The average molecular weight is 441 g/mol. The minimum atomic E-state index is -0.593. The summed E-state index contributed by atoms with van der Waals surface area (Å²) in [5.74, 6) is -0.555. The normalized spacial score (nSPS) is 23.7. The maximum absolute atomic E-state index is 15.0. The van der Waals surface area contributed by atoms with Gasteiger partial charge in [-0.2, -0.15) is 0 Å². The van der Waals surface area contributed by atoms with E-state index in [1.54, 1.807) is 13.1 Å². The van der Waals surface area contributed by atoms with Gasteiger partial charge in [0.2, 0.25) is 0 Å². The molecule has 1 aromatic rings. The van der Waals surface area contributed by atoms with Gasteiger partial charge in [-0.1, -0.05) is 19.6 Å². The summed E-state index contributed by atoms with van der Waals surface area (Å²) in [4.78, 5) is 4.79. The van der Waals surface area contributed by atoms with Crippen molar-refractivity contribution in [2.24, 2.45) is 4.99 Å². The Morgan fingerprint density at radius 1 is 1.12 bits per heavy atom. The molecule has 0 bridgehead atoms. The second kappa shape index (κ2) is 10.7. The molecule has 0 spiro atoms. The third-order valence-electron chi connectivity index (χ3n) is 6.31. The fraction of sp³-hybridized carbons (Fsp3) is 0.423. The molecule has 0 heterocycles. The molecule has 0 unspecified atom stereocenters. The molecule has 0 aromatic heterocycles. The van der Waals surface area contributed by atoms with Crippen LogP contribution in [0.15, 0.2) is 58.9 Å². The zero-order valence-electron chi connectivity index (χ0n) is 19.5. The van der Waals surface area contributed by atoms with E-state index in [1.807, 2.05) is 33.0 Å². The molecule has 1 saturated carbocycles. The minimum Gasteiger partial charge on any atom is -0.386 e. The van der Waals surface area contributed by atoms with Gasteiger partial charge in [0, 0.05) is 19.1 Å². The molecule has 0 radical (unpaired) electrons. The molecule has 3 rings (SSSR count). The largest absolute Gasteiger partial charge is 0.386 e. The molecule has 0 amide bonds. The van der Waals surface area contributed by atoms with Crippen LogP contribution in [0.25, 0.3) is 5.57 Å². The molecule has 2 aliphatic rings. The van der Waals surface area contributed by atoms with Gasteiger partial charge >= 0.3 is 0 Å². The first-order chi connectivity index (χ1) is 15.4. The Kier molecular flexibility index (Phi) is 8.02. The number of rotatable bonds is 7. The molecule has 172 valence electrons. The Balaban J connectivity index is 1.87. The van der Waals surface area contributed by atoms with E-state index in [0.29, 0.717) is 29.9 Å². The lowest BCUT2D eigenvalue weighted by atomic mass is 9.87. The Labute approximate surface area is 190 Å². The molecular formula is C26H34F2N4. The van der Waals surface area contributed by atoms with Gasteiger partial charge in [-0.3, -0.25) is 0 Å². The van der Waals surface area contributed by atoms with Crippen LogP contribution >= 0.6 is 0 Å². The number of halogens is 2. The standard InChI is InChI=1S/C26H34F2N4/c1-6-17-14-19(24-22(27)12-13-23(30-5)25(24)28)15-18(7-2)26(17)32-16(3)31-21-10-8-20(29-4)9-11-21/h6,12-15,20-21,29-31H,3,7-11H2,1-2,4-5H3/b17-6-,32-26+. The summed E-state index contributed by atoms with van der Waals surface area (Å²) in [6.45, 7) is 8.05. The van der Waals surface area contributed by atoms with Crippen LogP contribution in [0.5, 0.6) is 0 Å². The molecule has 6 heteroatoms. The quantitative estimate of drug-likeness (QED) is 0.508. The number of aliphatic imine (C=N–C) groups is 1. The van der Waals surface area contributed by atoms with Gasteiger partial charge in [0.15, 0.2) is 5.82 Å². The lowest BCUT2D eigenvalue weighted by Crippen LogP contribution is -2.38. The van der Waals surface area contributed by atoms with Crippen molar-refractivity contribution in [2.75, 3.05) is 19.4 Å². The fourth-order valence-electron chi connectivity index (χ4n) is 4.43. The summed E-state index contributed by atoms with van der Waals surface area (Å²) in [6.07, 6.45) is 10.6. The lowest BCUT2D eigenvalue weighted by Gasteiger charge is -2.29. The van der Waals surface area contributed by atoms with Crippen LogP contribution in [-0.2, 0) is 0 Å². The maximum Gasteiger partial charge on any atom is 0.157 e. The highest BCUT2D eigenvalue weighted by molar-refractivity contribution is 6.18. The predicted molar refractivity (Wildman–Crippen MR) is 131 cm³/mol. The van der Waals surface area contributed by atoms with Gasteiger partial charge in [0.05, 0.1) is 17.0 Å². The Hall–Kier alpha value is -2.73. The Morgan fingerprint density at radius 3 is 2.41 bits per heavy atom. The van der Waals surface area contributed by atoms with Crippen LogP contribution in [0.3, 0.4) is 0 Å². The SMILES string of the molecule is C=C(/N=C1/C(CC)=CC(c2c(F)ccc(NC)c2F)=C/C1=C/C)NC1CCC(NC)CC1. The van der Waals surface area contributed by atoms with Crippen molar-refractivity contribution < 1.29 is 8.78 Å². The van der Waals surface area contributed by atoms with E-state index >= 15 is 0 Å². The second-order valence-electron chi connectivity index (χ2n) is 8.29. The molecule has 0 aliphatic heterocycles. The highest BCUT2D eigenvalue weighted by atomic mass is 19.1. The van der Waals surface area contributed by atoms with Gasteiger partial charge in [-0.05, 0) is 87.1 Å². The first kappa shape index (κ1) is 23.9. The van der Waals surface area contributed by atoms with Crippen molar-refractivity contribution in [1.29, 1.82) is 0 Å². The van der Waals surface area contributed by atoms with E-state index in [9.17, 15) is 8.78 Å². The highest BCUT2D eigenvalue weighted by Gasteiger charge is 2.23. The smallest absolute Gasteiger partial charge is 0.157 e. The summed E-state index contributed by atoms with van der Waals surface area (Å²) in [5, 5.41) is 9.59. The van der Waals surface area contributed by atoms with Crippen LogP contribution in [0, 0.1) is 11.6 Å². The number of hydrogen-bond donors (Lipinski definition) is 3. The number of benzene rings is 1. The summed E-state index contributed by atoms with van der Waals surface area (Å²) < 4.78 is 29.6. The second-order valence-corrected chi connectivity index (χ2v) is 8.29. The zero-order chi connectivity index (χ0) is 23.3. The number of nitrogens with zero attached hydrogens (tertiary/aromatic N) is 1. The van der Waals surface area contributed by atoms with Gasteiger partial charge in [-0.15, -0.1) is 0 Å². The molecular weight excluding hydrogens is 406 g/mol. The molecule has 3 N–H and O–H groups in total. The van der Waals surface area contributed by atoms with Crippen LogP contribution in [0.1, 0.15) is 51.5 Å². The van der Waals surface area contributed by atoms with Crippen molar-refractivity contribution in [1.82, 2.24) is 10.6 Å². The van der Waals surface area contributed by atoms with E-state index in [4.69, 9.17) is 4.99 Å². The predicted octanol–water partition coefficient (Wildman–Crippen LogP) is 5.72. The maximum atomic E-state index is 15.0. The van der Waals surface area contributed by atoms with E-state index in [0.717, 1.165) is 42.5 Å². The van der Waals surface area contributed by atoms with E-state index in [1.165, 1.54) is 12.1 Å². The first-order valence-electron chi connectivity index (χ1n) is 11.4. The molecule has 1 aromatic carbocycles. The Bertz CT molecular complexity index is 980. The highest BCUT2D eigenvalue weighted by Crippen LogP contribution is 2.34. The zero-order valence-corrected chi connectivity index (χ0v) is 19.5. The summed E-state index contributed by atoms with van der Waals surface area (Å²) in [7, 11) is 3.63.